The lowest BCUT2D eigenvalue weighted by Crippen LogP contribution is -2.37. The van der Waals surface area contributed by atoms with Crippen molar-refractivity contribution < 1.29 is 17.9 Å². The van der Waals surface area contributed by atoms with Crippen LogP contribution in [0.5, 0.6) is 0 Å². The van der Waals surface area contributed by atoms with E-state index in [2.05, 4.69) is 9.72 Å². The Morgan fingerprint density at radius 1 is 1.44 bits per heavy atom. The summed E-state index contributed by atoms with van der Waals surface area (Å²) in [4.78, 5) is 14.8. The quantitative estimate of drug-likeness (QED) is 0.820. The highest BCUT2D eigenvalue weighted by Crippen LogP contribution is 2.10. The Labute approximate surface area is 110 Å². The van der Waals surface area contributed by atoms with E-state index in [1.165, 1.54) is 18.2 Å². The first kappa shape index (κ1) is 14.5. The standard InChI is InChI=1S/C9H12ClN3O4S/c1-6(2)17-9(14)13-18(15,16)12-8-5-3-4-7(10)11-8/h3-6H,1-2H3,(H,11,12)(H,13,14). The molecule has 1 rings (SSSR count). The van der Waals surface area contributed by atoms with Crippen LogP contribution in [0.2, 0.25) is 5.15 Å². The molecule has 9 heteroatoms. The van der Waals surface area contributed by atoms with Crippen molar-refractivity contribution in [2.75, 3.05) is 4.72 Å². The van der Waals surface area contributed by atoms with Gasteiger partial charge in [-0.1, -0.05) is 17.7 Å². The van der Waals surface area contributed by atoms with E-state index in [1.54, 1.807) is 18.6 Å². The number of amides is 1. The number of aromatic nitrogens is 1. The number of carbonyl (C=O) groups excluding carboxylic acids is 1. The summed E-state index contributed by atoms with van der Waals surface area (Å²) in [6.07, 6.45) is -1.50. The Balaban J connectivity index is 2.68. The van der Waals surface area contributed by atoms with Crippen LogP contribution < -0.4 is 9.44 Å². The van der Waals surface area contributed by atoms with Crippen LogP contribution in [0.1, 0.15) is 13.8 Å². The van der Waals surface area contributed by atoms with E-state index in [1.807, 2.05) is 4.72 Å². The van der Waals surface area contributed by atoms with Gasteiger partial charge in [0.15, 0.2) is 0 Å². The molecule has 7 nitrogen and oxygen atoms in total. The zero-order valence-corrected chi connectivity index (χ0v) is 11.2. The molecule has 1 aromatic heterocycles. The van der Waals surface area contributed by atoms with Gasteiger partial charge in [0.25, 0.3) is 0 Å². The minimum atomic E-state index is -4.09. The van der Waals surface area contributed by atoms with Crippen molar-refractivity contribution in [3.05, 3.63) is 23.4 Å². The van der Waals surface area contributed by atoms with Crippen molar-refractivity contribution in [1.82, 2.24) is 9.71 Å². The van der Waals surface area contributed by atoms with E-state index in [4.69, 9.17) is 11.6 Å². The lowest BCUT2D eigenvalue weighted by Gasteiger charge is -2.11. The first-order chi connectivity index (χ1) is 8.28. The van der Waals surface area contributed by atoms with E-state index >= 15 is 0 Å². The number of hydrogen-bond donors (Lipinski definition) is 2. The predicted octanol–water partition coefficient (Wildman–Crippen LogP) is 1.53. The summed E-state index contributed by atoms with van der Waals surface area (Å²) in [5, 5.41) is 0.125. The molecule has 100 valence electrons. The molecule has 1 aromatic rings. The molecule has 0 saturated heterocycles. The number of hydrogen-bond acceptors (Lipinski definition) is 5. The van der Waals surface area contributed by atoms with Gasteiger partial charge in [0.05, 0.1) is 6.10 Å². The number of anilines is 1. The lowest BCUT2D eigenvalue weighted by atomic mass is 10.5. The van der Waals surface area contributed by atoms with Crippen LogP contribution in [0.3, 0.4) is 0 Å². The fourth-order valence-corrected chi connectivity index (χ4v) is 1.85. The Morgan fingerprint density at radius 3 is 2.67 bits per heavy atom. The maximum absolute atomic E-state index is 11.5. The fraction of sp³-hybridized carbons (Fsp3) is 0.333. The number of carbonyl (C=O) groups is 1. The van der Waals surface area contributed by atoms with E-state index in [9.17, 15) is 13.2 Å². The highest BCUT2D eigenvalue weighted by atomic mass is 35.5. The minimum Gasteiger partial charge on any atom is -0.446 e. The SMILES string of the molecule is CC(C)OC(=O)NS(=O)(=O)Nc1cccc(Cl)n1. The molecule has 0 fully saturated rings. The van der Waals surface area contributed by atoms with Crippen molar-refractivity contribution in [3.8, 4) is 0 Å². The normalized spacial score (nSPS) is 11.1. The number of ether oxygens (including phenoxy) is 1. The van der Waals surface area contributed by atoms with Crippen molar-refractivity contribution >= 4 is 33.7 Å². The lowest BCUT2D eigenvalue weighted by molar-refractivity contribution is 0.121. The maximum atomic E-state index is 11.5. The topological polar surface area (TPSA) is 97.4 Å². The van der Waals surface area contributed by atoms with Crippen molar-refractivity contribution in [1.29, 1.82) is 0 Å². The largest absolute Gasteiger partial charge is 0.446 e. The summed E-state index contributed by atoms with van der Waals surface area (Å²) in [5.41, 5.74) is 0. The molecule has 0 aliphatic rings. The van der Waals surface area contributed by atoms with E-state index < -0.39 is 22.4 Å². The first-order valence-electron chi connectivity index (χ1n) is 4.92. The third-order valence-electron chi connectivity index (χ3n) is 1.51. The number of pyridine rings is 1. The van der Waals surface area contributed by atoms with E-state index in [0.29, 0.717) is 0 Å². The molecule has 0 unspecified atom stereocenters. The Hall–Kier alpha value is -1.54. The third kappa shape index (κ3) is 5.19. The molecule has 0 atom stereocenters. The summed E-state index contributed by atoms with van der Waals surface area (Å²) in [7, 11) is -4.09. The van der Waals surface area contributed by atoms with Gasteiger partial charge >= 0.3 is 16.3 Å². The molecule has 0 aliphatic heterocycles. The monoisotopic (exact) mass is 293 g/mol. The molecule has 0 bridgehead atoms. The number of nitrogens with one attached hydrogen (secondary N) is 2. The Morgan fingerprint density at radius 2 is 2.11 bits per heavy atom. The second-order valence-corrected chi connectivity index (χ2v) is 5.31. The van der Waals surface area contributed by atoms with Crippen LogP contribution >= 0.6 is 11.6 Å². The number of nitrogens with zero attached hydrogens (tertiary/aromatic N) is 1. The summed E-state index contributed by atoms with van der Waals surface area (Å²) in [5.74, 6) is -0.00709. The van der Waals surface area contributed by atoms with Crippen molar-refractivity contribution in [2.45, 2.75) is 20.0 Å². The van der Waals surface area contributed by atoms with Gasteiger partial charge in [0, 0.05) is 0 Å². The smallest absolute Gasteiger partial charge is 0.422 e. The molecule has 0 radical (unpaired) electrons. The summed E-state index contributed by atoms with van der Waals surface area (Å²) >= 11 is 5.59. The average Bonchev–Trinajstić information content (AvgIpc) is 2.13. The zero-order valence-electron chi connectivity index (χ0n) is 9.68. The predicted molar refractivity (Wildman–Crippen MR) is 66.5 cm³/mol. The fourth-order valence-electron chi connectivity index (χ4n) is 0.976. The molecular weight excluding hydrogens is 282 g/mol. The van der Waals surface area contributed by atoms with Gasteiger partial charge in [-0.2, -0.15) is 8.42 Å². The van der Waals surface area contributed by atoms with Gasteiger partial charge in [0.2, 0.25) is 0 Å². The molecule has 0 spiro atoms. The van der Waals surface area contributed by atoms with E-state index in [0.717, 1.165) is 0 Å². The van der Waals surface area contributed by atoms with E-state index in [-0.39, 0.29) is 11.0 Å². The first-order valence-corrected chi connectivity index (χ1v) is 6.78. The molecular formula is C9H12ClN3O4S. The van der Waals surface area contributed by atoms with Gasteiger partial charge in [-0.05, 0) is 26.0 Å². The summed E-state index contributed by atoms with van der Waals surface area (Å²) in [6, 6.07) is 4.39. The van der Waals surface area contributed by atoms with Gasteiger partial charge < -0.3 is 4.74 Å². The second kappa shape index (κ2) is 5.87. The zero-order chi connectivity index (χ0) is 13.8. The molecule has 2 N–H and O–H groups in total. The average molecular weight is 294 g/mol. The summed E-state index contributed by atoms with van der Waals surface area (Å²) < 4.78 is 31.3. The maximum Gasteiger partial charge on any atom is 0.422 e. The van der Waals surface area contributed by atoms with Crippen LogP contribution in [0.15, 0.2) is 18.2 Å². The van der Waals surface area contributed by atoms with Crippen LogP contribution in [0.25, 0.3) is 0 Å². The second-order valence-electron chi connectivity index (χ2n) is 3.51. The number of halogens is 1. The Bertz CT molecular complexity index is 532. The van der Waals surface area contributed by atoms with Crippen molar-refractivity contribution in [2.24, 2.45) is 0 Å². The van der Waals surface area contributed by atoms with Crippen molar-refractivity contribution in [3.63, 3.8) is 0 Å². The molecule has 0 saturated carbocycles. The van der Waals surface area contributed by atoms with Gasteiger partial charge in [-0.15, -0.1) is 0 Å². The van der Waals surface area contributed by atoms with Crippen LogP contribution in [0, 0.1) is 0 Å². The van der Waals surface area contributed by atoms with Gasteiger partial charge in [-0.3, -0.25) is 0 Å². The molecule has 0 aliphatic carbocycles. The molecule has 0 aromatic carbocycles. The minimum absolute atomic E-state index is 0.00709. The molecule has 1 heterocycles. The highest BCUT2D eigenvalue weighted by molar-refractivity contribution is 7.91. The highest BCUT2D eigenvalue weighted by Gasteiger charge is 2.16. The Kier molecular flexibility index (Phi) is 4.74. The van der Waals surface area contributed by atoms with Crippen LogP contribution in [0.4, 0.5) is 10.6 Å². The van der Waals surface area contributed by atoms with Gasteiger partial charge in [0.1, 0.15) is 11.0 Å². The summed E-state index contributed by atoms with van der Waals surface area (Å²) in [6.45, 7) is 3.19. The molecule has 1 amide bonds. The molecule has 18 heavy (non-hydrogen) atoms. The van der Waals surface area contributed by atoms with Crippen LogP contribution in [-0.4, -0.2) is 25.6 Å². The third-order valence-corrected chi connectivity index (χ3v) is 2.64. The number of rotatable bonds is 4. The van der Waals surface area contributed by atoms with Crippen LogP contribution in [-0.2, 0) is 14.9 Å². The van der Waals surface area contributed by atoms with Gasteiger partial charge in [-0.25, -0.2) is 19.2 Å².